The van der Waals surface area contributed by atoms with Gasteiger partial charge in [-0.2, -0.15) is 0 Å². The van der Waals surface area contributed by atoms with Crippen LogP contribution in [-0.2, 0) is 52.9 Å². The molecule has 0 fully saturated rings. The Hall–Kier alpha value is -4.27. The molecule has 0 aliphatic carbocycles. The van der Waals surface area contributed by atoms with Gasteiger partial charge < -0.3 is 24.0 Å². The van der Waals surface area contributed by atoms with Gasteiger partial charge in [0.1, 0.15) is 13.2 Å². The molecule has 3 unspecified atom stereocenters. The van der Waals surface area contributed by atoms with Gasteiger partial charge in [0, 0.05) is 6.42 Å². The van der Waals surface area contributed by atoms with Gasteiger partial charge >= 0.3 is 19.5 Å². The van der Waals surface area contributed by atoms with Crippen LogP contribution in [-0.4, -0.2) is 22.7 Å². The van der Waals surface area contributed by atoms with Crippen molar-refractivity contribution in [3.05, 3.63) is 138 Å². The Morgan fingerprint density at radius 2 is 1.12 bits per heavy atom. The summed E-state index contributed by atoms with van der Waals surface area (Å²) in [5, 5.41) is 0. The third kappa shape index (κ3) is 10.5. The van der Waals surface area contributed by atoms with Crippen molar-refractivity contribution >= 4 is 19.5 Å². The average Bonchev–Trinajstić information content (AvgIpc) is 3.05. The van der Waals surface area contributed by atoms with Gasteiger partial charge in [-0.3, -0.25) is 14.2 Å². The SMILES string of the molecule is O=C(CCC(C(=O)OCc1ccccc1)C(OCc1ccccc1)P(=O)(O)OOc1ccccc1)OCc1ccccc1. The molecule has 0 saturated heterocycles. The second kappa shape index (κ2) is 16.4. The first kappa shape index (κ1) is 31.7. The number of carbonyl (C=O) groups is 2. The summed E-state index contributed by atoms with van der Waals surface area (Å²) in [5.41, 5.74) is 2.20. The first-order valence-electron chi connectivity index (χ1n) is 13.7. The molecule has 9 nitrogen and oxygen atoms in total. The van der Waals surface area contributed by atoms with Crippen LogP contribution in [0.3, 0.4) is 0 Å². The van der Waals surface area contributed by atoms with Crippen LogP contribution in [0.25, 0.3) is 0 Å². The molecule has 224 valence electrons. The Labute approximate surface area is 250 Å². The minimum atomic E-state index is -4.83. The number of carbonyl (C=O) groups excluding carboxylic acids is 2. The predicted octanol–water partition coefficient (Wildman–Crippen LogP) is 6.61. The van der Waals surface area contributed by atoms with Crippen molar-refractivity contribution in [2.45, 2.75) is 38.5 Å². The van der Waals surface area contributed by atoms with Gasteiger partial charge in [0.25, 0.3) is 0 Å². The van der Waals surface area contributed by atoms with Gasteiger partial charge in [-0.25, -0.2) is 0 Å². The second-order valence-corrected chi connectivity index (χ2v) is 11.4. The lowest BCUT2D eigenvalue weighted by Crippen LogP contribution is -2.33. The van der Waals surface area contributed by atoms with Gasteiger partial charge in [-0.15, -0.1) is 0 Å². The molecule has 43 heavy (non-hydrogen) atoms. The predicted molar refractivity (Wildman–Crippen MR) is 158 cm³/mol. The van der Waals surface area contributed by atoms with E-state index in [4.69, 9.17) is 23.8 Å². The molecule has 0 aromatic heterocycles. The Morgan fingerprint density at radius 3 is 1.65 bits per heavy atom. The maximum Gasteiger partial charge on any atom is 0.395 e. The molecule has 4 aromatic carbocycles. The Bertz CT molecular complexity index is 1450. The summed E-state index contributed by atoms with van der Waals surface area (Å²) < 4.78 is 35.5. The monoisotopic (exact) mass is 604 g/mol. The van der Waals surface area contributed by atoms with Crippen molar-refractivity contribution in [3.8, 4) is 5.75 Å². The molecule has 0 aliphatic heterocycles. The van der Waals surface area contributed by atoms with Crippen LogP contribution in [0.15, 0.2) is 121 Å². The zero-order chi connectivity index (χ0) is 30.3. The smallest absolute Gasteiger partial charge is 0.395 e. The fraction of sp³-hybridized carbons (Fsp3) is 0.212. The minimum absolute atomic E-state index is 0.0449. The molecule has 0 amide bonds. The highest BCUT2D eigenvalue weighted by molar-refractivity contribution is 7.53. The van der Waals surface area contributed by atoms with E-state index in [0.29, 0.717) is 5.56 Å². The highest BCUT2D eigenvalue weighted by atomic mass is 31.2. The van der Waals surface area contributed by atoms with E-state index < -0.39 is 31.3 Å². The van der Waals surface area contributed by atoms with Crippen molar-refractivity contribution in [2.75, 3.05) is 0 Å². The molecule has 10 heteroatoms. The average molecular weight is 605 g/mol. The molecule has 0 spiro atoms. The van der Waals surface area contributed by atoms with E-state index in [0.717, 1.165) is 11.1 Å². The van der Waals surface area contributed by atoms with E-state index in [1.165, 1.54) is 12.1 Å². The molecule has 1 N–H and O–H groups in total. The van der Waals surface area contributed by atoms with E-state index in [2.05, 4.69) is 0 Å². The van der Waals surface area contributed by atoms with Crippen molar-refractivity contribution < 1.29 is 42.8 Å². The molecule has 0 saturated carbocycles. The van der Waals surface area contributed by atoms with E-state index in [-0.39, 0.29) is 38.4 Å². The van der Waals surface area contributed by atoms with Crippen molar-refractivity contribution in [1.29, 1.82) is 0 Å². The van der Waals surface area contributed by atoms with Gasteiger partial charge in [-0.1, -0.05) is 114 Å². The van der Waals surface area contributed by atoms with Crippen molar-refractivity contribution in [1.82, 2.24) is 0 Å². The first-order valence-corrected chi connectivity index (χ1v) is 15.3. The summed E-state index contributed by atoms with van der Waals surface area (Å²) >= 11 is 0. The van der Waals surface area contributed by atoms with E-state index in [1.807, 2.05) is 42.5 Å². The van der Waals surface area contributed by atoms with Crippen LogP contribution < -0.4 is 4.89 Å². The van der Waals surface area contributed by atoms with E-state index >= 15 is 0 Å². The zero-order valence-corrected chi connectivity index (χ0v) is 24.3. The maximum absolute atomic E-state index is 13.6. The summed E-state index contributed by atoms with van der Waals surface area (Å²) in [6, 6.07) is 35.2. The second-order valence-electron chi connectivity index (χ2n) is 9.61. The Kier molecular flexibility index (Phi) is 12.1. The Balaban J connectivity index is 1.54. The fourth-order valence-electron chi connectivity index (χ4n) is 4.10. The number of benzene rings is 4. The lowest BCUT2D eigenvalue weighted by atomic mass is 10.0. The quantitative estimate of drug-likeness (QED) is 0.0653. The molecule has 0 radical (unpaired) electrons. The fourth-order valence-corrected chi connectivity index (χ4v) is 5.37. The van der Waals surface area contributed by atoms with E-state index in [1.54, 1.807) is 66.7 Å². The summed E-state index contributed by atoms with van der Waals surface area (Å²) in [7, 11) is -4.83. The van der Waals surface area contributed by atoms with Crippen LogP contribution in [0, 0.1) is 5.92 Å². The standard InChI is InChI=1S/C33H33O9P/c34-31(38-23-26-13-5-1-6-14-26)22-21-30(32(35)39-24-27-15-7-2-8-16-27)33(40-25-28-17-9-3-10-18-28)43(36,37)42-41-29-19-11-4-12-20-29/h1-20,30,33H,21-25H2,(H,36,37). The number of hydrogen-bond acceptors (Lipinski definition) is 8. The molecule has 0 aliphatic rings. The lowest BCUT2D eigenvalue weighted by molar-refractivity contribution is -0.158. The molecular formula is C33H33O9P. The number of esters is 2. The number of rotatable bonds is 16. The Morgan fingerprint density at radius 1 is 0.651 bits per heavy atom. The maximum atomic E-state index is 13.6. The highest BCUT2D eigenvalue weighted by Crippen LogP contribution is 2.52. The van der Waals surface area contributed by atoms with Crippen LogP contribution in [0.4, 0.5) is 0 Å². The largest absolute Gasteiger partial charge is 0.461 e. The summed E-state index contributed by atoms with van der Waals surface area (Å²) in [5.74, 6) is -4.38. The molecule has 0 bridgehead atoms. The van der Waals surface area contributed by atoms with Crippen LogP contribution in [0.5, 0.6) is 5.75 Å². The minimum Gasteiger partial charge on any atom is -0.461 e. The van der Waals surface area contributed by atoms with Crippen LogP contribution in [0.1, 0.15) is 29.5 Å². The van der Waals surface area contributed by atoms with Crippen molar-refractivity contribution in [2.24, 2.45) is 5.92 Å². The molecule has 4 rings (SSSR count). The third-order valence-electron chi connectivity index (χ3n) is 6.34. The van der Waals surface area contributed by atoms with Gasteiger partial charge in [0.05, 0.1) is 12.5 Å². The number of ether oxygens (including phenoxy) is 3. The van der Waals surface area contributed by atoms with Gasteiger partial charge in [0.2, 0.25) is 0 Å². The highest BCUT2D eigenvalue weighted by Gasteiger charge is 2.46. The topological polar surface area (TPSA) is 118 Å². The number of para-hydroxylation sites is 1. The lowest BCUT2D eigenvalue weighted by Gasteiger charge is -2.28. The summed E-state index contributed by atoms with van der Waals surface area (Å²) in [4.78, 5) is 42.4. The van der Waals surface area contributed by atoms with Crippen LogP contribution >= 0.6 is 7.60 Å². The molecule has 3 atom stereocenters. The molecular weight excluding hydrogens is 571 g/mol. The van der Waals surface area contributed by atoms with Crippen LogP contribution in [0.2, 0.25) is 0 Å². The zero-order valence-electron chi connectivity index (χ0n) is 23.4. The molecule has 4 aromatic rings. The normalized spacial score (nSPS) is 13.7. The van der Waals surface area contributed by atoms with E-state index in [9.17, 15) is 19.0 Å². The summed E-state index contributed by atoms with van der Waals surface area (Å²) in [6.45, 7) is -0.161. The van der Waals surface area contributed by atoms with Crippen molar-refractivity contribution in [3.63, 3.8) is 0 Å². The van der Waals surface area contributed by atoms with Gasteiger partial charge in [0.15, 0.2) is 11.6 Å². The first-order chi connectivity index (χ1) is 20.9. The number of hydrogen-bond donors (Lipinski definition) is 1. The molecule has 0 heterocycles. The third-order valence-corrected chi connectivity index (χ3v) is 7.78. The summed E-state index contributed by atoms with van der Waals surface area (Å²) in [6.07, 6.45) is -0.456. The van der Waals surface area contributed by atoms with Gasteiger partial charge in [-0.05, 0) is 35.2 Å².